The van der Waals surface area contributed by atoms with Crippen LogP contribution in [-0.4, -0.2) is 18.8 Å². The van der Waals surface area contributed by atoms with E-state index < -0.39 is 25.2 Å². The first-order valence-corrected chi connectivity index (χ1v) is 2.58. The third-order valence-electron chi connectivity index (χ3n) is 0.922. The zero-order valence-electron chi connectivity index (χ0n) is 5.06. The molecule has 7 heteroatoms. The highest BCUT2D eigenvalue weighted by Crippen LogP contribution is 2.13. The molecule has 1 unspecified atom stereocenters. The fourth-order valence-corrected chi connectivity index (χ4v) is 0.366. The maximum absolute atomic E-state index is 11.5. The molecule has 0 saturated heterocycles. The Labute approximate surface area is 55.6 Å². The molecule has 0 aromatic rings. The third-order valence-corrected chi connectivity index (χ3v) is 0.922. The second kappa shape index (κ2) is 2.91. The van der Waals surface area contributed by atoms with E-state index in [2.05, 4.69) is 11.5 Å². The van der Waals surface area contributed by atoms with Gasteiger partial charge in [-0.25, -0.2) is 0 Å². The van der Waals surface area contributed by atoms with Gasteiger partial charge in [-0.05, 0) is 5.94 Å². The molecule has 0 saturated carbocycles. The van der Waals surface area contributed by atoms with E-state index in [4.69, 9.17) is 0 Å². The number of carbonyl (C=O) groups excluding carboxylic acids is 1. The summed E-state index contributed by atoms with van der Waals surface area (Å²) in [6.45, 7) is -5.12. The molecule has 0 aliphatic heterocycles. The standard InChI is InChI=1S/C3H7BF3N2O/c5-4(6,7)2(8)1-3(9)10/h2H,1,8H2,(H2,9,10)/q-1. The van der Waals surface area contributed by atoms with Crippen LogP contribution < -0.4 is 11.5 Å². The molecule has 0 bridgehead atoms. The molecule has 60 valence electrons. The van der Waals surface area contributed by atoms with E-state index in [0.717, 1.165) is 0 Å². The number of nitrogens with two attached hydrogens (primary N) is 2. The number of amides is 1. The van der Waals surface area contributed by atoms with Gasteiger partial charge >= 0.3 is 6.98 Å². The molecule has 0 aromatic carbocycles. The SMILES string of the molecule is NC(=O)CC(N)[B-](F)(F)F. The Bertz CT molecular complexity index is 136. The Morgan fingerprint density at radius 1 is 1.50 bits per heavy atom. The summed E-state index contributed by atoms with van der Waals surface area (Å²) in [5.74, 6) is -3.11. The lowest BCUT2D eigenvalue weighted by Gasteiger charge is -2.20. The Morgan fingerprint density at radius 2 is 1.90 bits per heavy atom. The second-order valence-corrected chi connectivity index (χ2v) is 1.96. The van der Waals surface area contributed by atoms with Gasteiger partial charge in [0.05, 0.1) is 0 Å². The molecule has 0 radical (unpaired) electrons. The molecule has 0 aliphatic carbocycles. The van der Waals surface area contributed by atoms with Crippen LogP contribution in [0.25, 0.3) is 0 Å². The fraction of sp³-hybridized carbons (Fsp3) is 0.667. The first-order chi connectivity index (χ1) is 4.34. The van der Waals surface area contributed by atoms with Crippen LogP contribution in [0.2, 0.25) is 0 Å². The van der Waals surface area contributed by atoms with Crippen molar-refractivity contribution in [2.24, 2.45) is 11.5 Å². The van der Waals surface area contributed by atoms with Gasteiger partial charge in [0.2, 0.25) is 5.91 Å². The number of hydrogen-bond donors (Lipinski definition) is 2. The first-order valence-electron chi connectivity index (χ1n) is 2.58. The van der Waals surface area contributed by atoms with Gasteiger partial charge in [-0.15, -0.1) is 0 Å². The van der Waals surface area contributed by atoms with Crippen LogP contribution in [0.3, 0.4) is 0 Å². The molecule has 0 fully saturated rings. The molecule has 0 heterocycles. The number of halogens is 3. The topological polar surface area (TPSA) is 69.1 Å². The lowest BCUT2D eigenvalue weighted by Crippen LogP contribution is -2.44. The van der Waals surface area contributed by atoms with Crippen LogP contribution in [0.4, 0.5) is 12.9 Å². The van der Waals surface area contributed by atoms with Crippen molar-refractivity contribution in [3.8, 4) is 0 Å². The number of carbonyl (C=O) groups is 1. The normalized spacial score (nSPS) is 14.8. The van der Waals surface area contributed by atoms with Crippen LogP contribution in [0.5, 0.6) is 0 Å². The van der Waals surface area contributed by atoms with Gasteiger partial charge in [0.15, 0.2) is 0 Å². The maximum atomic E-state index is 11.5. The molecule has 0 spiro atoms. The minimum atomic E-state index is -5.12. The summed E-state index contributed by atoms with van der Waals surface area (Å²) in [7, 11) is 0. The van der Waals surface area contributed by atoms with Gasteiger partial charge in [-0.1, -0.05) is 0 Å². The van der Waals surface area contributed by atoms with Crippen LogP contribution >= 0.6 is 0 Å². The van der Waals surface area contributed by atoms with Gasteiger partial charge in [-0.2, -0.15) is 0 Å². The minimum absolute atomic E-state index is 0.830. The summed E-state index contributed by atoms with van der Waals surface area (Å²) in [5, 5.41) is 0. The zero-order chi connectivity index (χ0) is 8.36. The molecular weight excluding hydrogens is 148 g/mol. The smallest absolute Gasteiger partial charge is 0.448 e. The van der Waals surface area contributed by atoms with Crippen LogP contribution in [0.15, 0.2) is 0 Å². The molecule has 10 heavy (non-hydrogen) atoms. The van der Waals surface area contributed by atoms with Crippen molar-refractivity contribution in [2.75, 3.05) is 0 Å². The number of primary amides is 1. The highest BCUT2D eigenvalue weighted by atomic mass is 19.4. The first kappa shape index (κ1) is 9.28. The summed E-state index contributed by atoms with van der Waals surface area (Å²) < 4.78 is 34.6. The summed E-state index contributed by atoms with van der Waals surface area (Å²) in [4.78, 5) is 9.91. The second-order valence-electron chi connectivity index (χ2n) is 1.96. The van der Waals surface area contributed by atoms with Gasteiger partial charge in [-0.3, -0.25) is 4.79 Å². The van der Waals surface area contributed by atoms with E-state index in [1.165, 1.54) is 0 Å². The Hall–Kier alpha value is -0.715. The summed E-state index contributed by atoms with van der Waals surface area (Å²) in [6, 6.07) is 0. The Kier molecular flexibility index (Phi) is 2.71. The van der Waals surface area contributed by atoms with Crippen LogP contribution in [0, 0.1) is 0 Å². The van der Waals surface area contributed by atoms with E-state index in [0.29, 0.717) is 0 Å². The number of hydrogen-bond acceptors (Lipinski definition) is 2. The predicted octanol–water partition coefficient (Wildman–Crippen LogP) is -0.424. The van der Waals surface area contributed by atoms with Gasteiger partial charge < -0.3 is 24.4 Å². The van der Waals surface area contributed by atoms with Gasteiger partial charge in [0, 0.05) is 6.42 Å². The molecule has 3 nitrogen and oxygen atoms in total. The van der Waals surface area contributed by atoms with Crippen molar-refractivity contribution in [3.63, 3.8) is 0 Å². The minimum Gasteiger partial charge on any atom is -0.448 e. The average molecular weight is 155 g/mol. The van der Waals surface area contributed by atoms with E-state index in [1.54, 1.807) is 0 Å². The van der Waals surface area contributed by atoms with E-state index >= 15 is 0 Å². The van der Waals surface area contributed by atoms with E-state index in [9.17, 15) is 17.7 Å². The molecule has 0 aromatic heterocycles. The molecule has 4 N–H and O–H groups in total. The molecule has 1 amide bonds. The fourth-order valence-electron chi connectivity index (χ4n) is 0.366. The molecule has 1 atom stereocenters. The Balaban J connectivity index is 3.85. The van der Waals surface area contributed by atoms with E-state index in [1.807, 2.05) is 0 Å². The highest BCUT2D eigenvalue weighted by Gasteiger charge is 2.32. The monoisotopic (exact) mass is 155 g/mol. The average Bonchev–Trinajstić information content (AvgIpc) is 1.60. The molecule has 0 aliphatic rings. The maximum Gasteiger partial charge on any atom is 0.495 e. The van der Waals surface area contributed by atoms with E-state index in [-0.39, 0.29) is 0 Å². The zero-order valence-corrected chi connectivity index (χ0v) is 5.06. The largest absolute Gasteiger partial charge is 0.495 e. The summed E-state index contributed by atoms with van der Waals surface area (Å²) >= 11 is 0. The lowest BCUT2D eigenvalue weighted by atomic mass is 9.78. The van der Waals surface area contributed by atoms with Crippen molar-refractivity contribution < 1.29 is 17.7 Å². The van der Waals surface area contributed by atoms with Crippen molar-refractivity contribution in [1.29, 1.82) is 0 Å². The lowest BCUT2D eigenvalue weighted by molar-refractivity contribution is -0.118. The Morgan fingerprint density at radius 3 is 2.00 bits per heavy atom. The molecular formula is C3H7BF3N2O-. The van der Waals surface area contributed by atoms with Crippen LogP contribution in [0.1, 0.15) is 6.42 Å². The van der Waals surface area contributed by atoms with Crippen LogP contribution in [-0.2, 0) is 4.79 Å². The van der Waals surface area contributed by atoms with Crippen molar-refractivity contribution in [2.45, 2.75) is 12.4 Å². The highest BCUT2D eigenvalue weighted by molar-refractivity contribution is 6.60. The van der Waals surface area contributed by atoms with Gasteiger partial charge in [0.25, 0.3) is 0 Å². The third kappa shape index (κ3) is 3.34. The number of rotatable bonds is 3. The van der Waals surface area contributed by atoms with Crippen molar-refractivity contribution >= 4 is 12.9 Å². The summed E-state index contributed by atoms with van der Waals surface area (Å²) in [5.41, 5.74) is 9.03. The van der Waals surface area contributed by atoms with Crippen molar-refractivity contribution in [1.82, 2.24) is 0 Å². The summed E-state index contributed by atoms with van der Waals surface area (Å²) in [6.07, 6.45) is -0.830. The molecule has 0 rings (SSSR count). The van der Waals surface area contributed by atoms with Gasteiger partial charge in [0.1, 0.15) is 0 Å². The quantitative estimate of drug-likeness (QED) is 0.543. The van der Waals surface area contributed by atoms with Crippen molar-refractivity contribution in [3.05, 3.63) is 0 Å². The predicted molar refractivity (Wildman–Crippen MR) is 30.9 cm³/mol.